The molecule has 3 aromatic rings. The zero-order valence-corrected chi connectivity index (χ0v) is 9.97. The third-order valence-electron chi connectivity index (χ3n) is 3.00. The maximum absolute atomic E-state index is 10.7. The molecule has 0 aliphatic heterocycles. The van der Waals surface area contributed by atoms with Gasteiger partial charge in [-0.3, -0.25) is 4.79 Å². The Balaban J connectivity index is 2.12. The van der Waals surface area contributed by atoms with Crippen LogP contribution in [-0.4, -0.2) is 16.3 Å². The van der Waals surface area contributed by atoms with Gasteiger partial charge in [0.2, 0.25) is 0 Å². The average Bonchev–Trinajstić information content (AvgIpc) is 2.81. The van der Waals surface area contributed by atoms with Crippen LogP contribution in [0, 0.1) is 6.92 Å². The number of aryl methyl sites for hydroxylation is 1. The molecule has 1 N–H and O–H groups in total. The Labute approximate surface area is 104 Å². The number of carbonyl (C=O) groups is 1. The van der Waals surface area contributed by atoms with E-state index in [1.807, 2.05) is 18.2 Å². The van der Waals surface area contributed by atoms with Crippen LogP contribution in [0.1, 0.15) is 16.2 Å². The average molecular weight is 236 g/mol. The van der Waals surface area contributed by atoms with Crippen LogP contribution in [0.2, 0.25) is 0 Å². The van der Waals surface area contributed by atoms with Crippen LogP contribution >= 0.6 is 0 Å². The van der Waals surface area contributed by atoms with Crippen LogP contribution in [0.4, 0.5) is 0 Å². The lowest BCUT2D eigenvalue weighted by atomic mass is 10.0. The van der Waals surface area contributed by atoms with E-state index in [4.69, 9.17) is 0 Å². The maximum atomic E-state index is 10.7. The van der Waals surface area contributed by atoms with Gasteiger partial charge in [-0.2, -0.15) is 0 Å². The standard InChI is InChI=1S/C15H12N2O/c1-10-2-4-11(5-3-10)12-6-7-13-14(8-12)17-15(9-18)16-13/h2-9H,1H3,(H,16,17). The van der Waals surface area contributed by atoms with Crippen molar-refractivity contribution in [1.82, 2.24) is 9.97 Å². The van der Waals surface area contributed by atoms with Crippen molar-refractivity contribution < 1.29 is 4.79 Å². The summed E-state index contributed by atoms with van der Waals surface area (Å²) in [7, 11) is 0. The number of fused-ring (bicyclic) bond motifs is 1. The first-order valence-electron chi connectivity index (χ1n) is 5.78. The molecule has 0 aliphatic carbocycles. The molecule has 0 fully saturated rings. The Hall–Kier alpha value is -2.42. The van der Waals surface area contributed by atoms with Gasteiger partial charge in [0.25, 0.3) is 0 Å². The van der Waals surface area contributed by atoms with Gasteiger partial charge in [-0.05, 0) is 30.2 Å². The van der Waals surface area contributed by atoms with E-state index in [0.29, 0.717) is 5.82 Å². The van der Waals surface area contributed by atoms with Crippen LogP contribution in [0.15, 0.2) is 42.5 Å². The summed E-state index contributed by atoms with van der Waals surface area (Å²) in [6, 6.07) is 14.3. The van der Waals surface area contributed by atoms with E-state index in [1.165, 1.54) is 5.56 Å². The van der Waals surface area contributed by atoms with Crippen molar-refractivity contribution in [3.8, 4) is 11.1 Å². The number of hydrogen-bond donors (Lipinski definition) is 1. The van der Waals surface area contributed by atoms with Crippen molar-refractivity contribution in [2.75, 3.05) is 0 Å². The van der Waals surface area contributed by atoms with E-state index in [2.05, 4.69) is 41.2 Å². The fourth-order valence-electron chi connectivity index (χ4n) is 2.01. The molecule has 0 atom stereocenters. The van der Waals surface area contributed by atoms with Crippen molar-refractivity contribution in [2.45, 2.75) is 6.92 Å². The zero-order valence-electron chi connectivity index (χ0n) is 9.97. The molecule has 0 saturated heterocycles. The van der Waals surface area contributed by atoms with Crippen molar-refractivity contribution in [2.24, 2.45) is 0 Å². The number of hydrogen-bond acceptors (Lipinski definition) is 2. The minimum atomic E-state index is 0.367. The van der Waals surface area contributed by atoms with E-state index in [0.717, 1.165) is 28.4 Å². The normalized spacial score (nSPS) is 10.7. The Morgan fingerprint density at radius 2 is 1.78 bits per heavy atom. The molecule has 88 valence electrons. The highest BCUT2D eigenvalue weighted by Gasteiger charge is 2.04. The summed E-state index contributed by atoms with van der Waals surface area (Å²) in [5, 5.41) is 0. The first-order valence-corrected chi connectivity index (χ1v) is 5.78. The lowest BCUT2D eigenvalue weighted by molar-refractivity contribution is 0.111. The van der Waals surface area contributed by atoms with Gasteiger partial charge < -0.3 is 4.98 Å². The van der Waals surface area contributed by atoms with Crippen LogP contribution in [-0.2, 0) is 0 Å². The monoisotopic (exact) mass is 236 g/mol. The maximum Gasteiger partial charge on any atom is 0.185 e. The Bertz CT molecular complexity index is 711. The summed E-state index contributed by atoms with van der Waals surface area (Å²) in [5.41, 5.74) is 5.21. The quantitative estimate of drug-likeness (QED) is 0.693. The molecule has 0 aliphatic rings. The lowest BCUT2D eigenvalue weighted by Gasteiger charge is -2.02. The number of aromatic amines is 1. The molecule has 18 heavy (non-hydrogen) atoms. The number of aldehydes is 1. The highest BCUT2D eigenvalue weighted by molar-refractivity contribution is 5.85. The van der Waals surface area contributed by atoms with Gasteiger partial charge in [-0.15, -0.1) is 0 Å². The smallest absolute Gasteiger partial charge is 0.185 e. The Morgan fingerprint density at radius 3 is 2.50 bits per heavy atom. The largest absolute Gasteiger partial charge is 0.336 e. The van der Waals surface area contributed by atoms with Crippen molar-refractivity contribution >= 4 is 17.3 Å². The van der Waals surface area contributed by atoms with E-state index >= 15 is 0 Å². The van der Waals surface area contributed by atoms with Crippen molar-refractivity contribution in [3.05, 3.63) is 53.9 Å². The molecule has 0 amide bonds. The SMILES string of the molecule is Cc1ccc(-c2ccc3nc(C=O)[nH]c3c2)cc1. The van der Waals surface area contributed by atoms with E-state index in [9.17, 15) is 4.79 Å². The molecule has 2 aromatic carbocycles. The second-order valence-electron chi connectivity index (χ2n) is 4.34. The lowest BCUT2D eigenvalue weighted by Crippen LogP contribution is -1.79. The van der Waals surface area contributed by atoms with Gasteiger partial charge in [-0.1, -0.05) is 35.9 Å². The number of H-pyrrole nitrogens is 1. The second kappa shape index (κ2) is 4.11. The molecule has 0 saturated carbocycles. The third-order valence-corrected chi connectivity index (χ3v) is 3.00. The first kappa shape index (κ1) is 10.7. The van der Waals surface area contributed by atoms with Crippen LogP contribution in [0.3, 0.4) is 0 Å². The van der Waals surface area contributed by atoms with Gasteiger partial charge in [0.15, 0.2) is 12.1 Å². The molecule has 1 aromatic heterocycles. The van der Waals surface area contributed by atoms with E-state index < -0.39 is 0 Å². The summed E-state index contributed by atoms with van der Waals surface area (Å²) in [5.74, 6) is 0.367. The molecule has 3 rings (SSSR count). The fraction of sp³-hybridized carbons (Fsp3) is 0.0667. The molecule has 3 heteroatoms. The summed E-state index contributed by atoms with van der Waals surface area (Å²) < 4.78 is 0. The van der Waals surface area contributed by atoms with Gasteiger partial charge >= 0.3 is 0 Å². The Morgan fingerprint density at radius 1 is 1.06 bits per heavy atom. The predicted octanol–water partition coefficient (Wildman–Crippen LogP) is 3.35. The number of carbonyl (C=O) groups excluding carboxylic acids is 1. The molecule has 0 bridgehead atoms. The predicted molar refractivity (Wildman–Crippen MR) is 71.7 cm³/mol. The molecule has 0 unspecified atom stereocenters. The number of nitrogens with zero attached hydrogens (tertiary/aromatic N) is 1. The van der Waals surface area contributed by atoms with E-state index in [-0.39, 0.29) is 0 Å². The fourth-order valence-corrected chi connectivity index (χ4v) is 2.01. The van der Waals surface area contributed by atoms with Crippen LogP contribution in [0.5, 0.6) is 0 Å². The molecule has 1 heterocycles. The number of imidazole rings is 1. The number of benzene rings is 2. The Kier molecular flexibility index (Phi) is 2.45. The van der Waals surface area contributed by atoms with Crippen molar-refractivity contribution in [1.29, 1.82) is 0 Å². The minimum Gasteiger partial charge on any atom is -0.336 e. The van der Waals surface area contributed by atoms with Crippen LogP contribution < -0.4 is 0 Å². The van der Waals surface area contributed by atoms with Gasteiger partial charge in [0.1, 0.15) is 0 Å². The number of aromatic nitrogens is 2. The second-order valence-corrected chi connectivity index (χ2v) is 4.34. The minimum absolute atomic E-state index is 0.367. The van der Waals surface area contributed by atoms with Crippen LogP contribution in [0.25, 0.3) is 22.2 Å². The molecule has 0 spiro atoms. The summed E-state index contributed by atoms with van der Waals surface area (Å²) in [6.07, 6.45) is 0.728. The first-order chi connectivity index (χ1) is 8.76. The number of nitrogens with one attached hydrogen (secondary N) is 1. The van der Waals surface area contributed by atoms with Gasteiger partial charge in [0, 0.05) is 0 Å². The summed E-state index contributed by atoms with van der Waals surface area (Å²) in [6.45, 7) is 2.07. The molecular formula is C15H12N2O. The van der Waals surface area contributed by atoms with Gasteiger partial charge in [-0.25, -0.2) is 4.98 Å². The zero-order chi connectivity index (χ0) is 12.5. The molecule has 3 nitrogen and oxygen atoms in total. The topological polar surface area (TPSA) is 45.8 Å². The van der Waals surface area contributed by atoms with E-state index in [1.54, 1.807) is 0 Å². The molecule has 0 radical (unpaired) electrons. The summed E-state index contributed by atoms with van der Waals surface area (Å²) in [4.78, 5) is 17.8. The third kappa shape index (κ3) is 1.80. The van der Waals surface area contributed by atoms with Gasteiger partial charge in [0.05, 0.1) is 11.0 Å². The van der Waals surface area contributed by atoms with Crippen molar-refractivity contribution in [3.63, 3.8) is 0 Å². The highest BCUT2D eigenvalue weighted by Crippen LogP contribution is 2.23. The summed E-state index contributed by atoms with van der Waals surface area (Å²) >= 11 is 0. The highest BCUT2D eigenvalue weighted by atomic mass is 16.1. The number of rotatable bonds is 2. The molecular weight excluding hydrogens is 224 g/mol.